The number of hydrogen-bond donors (Lipinski definition) is 0. The molecule has 0 unspecified atom stereocenters. The van der Waals surface area contributed by atoms with Gasteiger partial charge in [-0.15, -0.1) is 0 Å². The molecule has 0 amide bonds. The number of halogens is 12. The van der Waals surface area contributed by atoms with Crippen molar-refractivity contribution in [1.82, 2.24) is 9.97 Å². The molecule has 0 N–H and O–H groups in total. The molecule has 0 atom stereocenters. The molecule has 2 aromatic heterocycles. The fourth-order valence-corrected chi connectivity index (χ4v) is 5.59. The molecule has 0 radical (unpaired) electrons. The van der Waals surface area contributed by atoms with Gasteiger partial charge >= 0.3 is 24.7 Å². The number of hydrogen-bond acceptors (Lipinski definition) is 8. The molecular weight excluding hydrogens is 752 g/mol. The molecule has 0 saturated carbocycles. The van der Waals surface area contributed by atoms with Crippen LogP contribution in [0.5, 0.6) is 0 Å². The minimum Gasteiger partial charge on any atom is -0.434 e. The zero-order valence-electron chi connectivity index (χ0n) is 25.7. The number of oxazole rings is 2. The first-order chi connectivity index (χ1) is 25.1. The molecule has 0 aliphatic carbocycles. The molecule has 8 nitrogen and oxygen atoms in total. The highest BCUT2D eigenvalue weighted by Crippen LogP contribution is 2.47. The Kier molecular flexibility index (Phi) is 8.35. The molecule has 0 spiro atoms. The molecule has 0 saturated heterocycles. The summed E-state index contributed by atoms with van der Waals surface area (Å²) >= 11 is 0. The van der Waals surface area contributed by atoms with Crippen molar-refractivity contribution in [2.75, 3.05) is 0 Å². The lowest BCUT2D eigenvalue weighted by atomic mass is 9.90. The molecule has 6 rings (SSSR count). The molecule has 0 fully saturated rings. The van der Waals surface area contributed by atoms with Gasteiger partial charge < -0.3 is 8.83 Å². The van der Waals surface area contributed by atoms with E-state index < -0.39 is 124 Å². The predicted molar refractivity (Wildman–Crippen MR) is 158 cm³/mol. The van der Waals surface area contributed by atoms with E-state index in [1.54, 1.807) is 0 Å². The maximum atomic E-state index is 14.4. The third-order valence-corrected chi connectivity index (χ3v) is 7.87. The first-order valence-electron chi connectivity index (χ1n) is 14.3. The van der Waals surface area contributed by atoms with Crippen LogP contribution in [-0.2, 0) is 24.7 Å². The van der Waals surface area contributed by atoms with Crippen molar-refractivity contribution < 1.29 is 61.5 Å². The number of aromatic nitrogens is 2. The summed E-state index contributed by atoms with van der Waals surface area (Å²) < 4.78 is 179. The van der Waals surface area contributed by atoms with Crippen LogP contribution in [0.15, 0.2) is 57.4 Å². The number of rotatable bonds is 2. The van der Waals surface area contributed by atoms with E-state index in [9.17, 15) is 73.7 Å². The lowest BCUT2D eigenvalue weighted by Crippen LogP contribution is -2.12. The second-order valence-electron chi connectivity index (χ2n) is 11.0. The second kappa shape index (κ2) is 12.3. The highest BCUT2D eigenvalue weighted by molar-refractivity contribution is 6.21. The third kappa shape index (κ3) is 6.13. The normalized spacial score (nSPS) is 12.4. The van der Waals surface area contributed by atoms with Crippen LogP contribution in [0.3, 0.4) is 0 Å². The third-order valence-electron chi connectivity index (χ3n) is 7.87. The molecule has 2 heterocycles. The van der Waals surface area contributed by atoms with Gasteiger partial charge in [0.25, 0.3) is 0 Å². The van der Waals surface area contributed by atoms with Crippen LogP contribution in [0.25, 0.3) is 66.4 Å². The molecule has 4 aromatic carbocycles. The van der Waals surface area contributed by atoms with Crippen molar-refractivity contribution in [3.05, 3.63) is 81.9 Å². The van der Waals surface area contributed by atoms with Crippen molar-refractivity contribution in [2.24, 2.45) is 0 Å². The Morgan fingerprint density at radius 2 is 0.889 bits per heavy atom. The van der Waals surface area contributed by atoms with Crippen LogP contribution in [0.4, 0.5) is 52.7 Å². The van der Waals surface area contributed by atoms with Crippen LogP contribution < -0.4 is 11.1 Å². The molecule has 54 heavy (non-hydrogen) atoms. The van der Waals surface area contributed by atoms with Gasteiger partial charge in [0.05, 0.1) is 27.6 Å². The Hall–Kier alpha value is -7.06. The quantitative estimate of drug-likeness (QED) is 0.159. The largest absolute Gasteiger partial charge is 0.434 e. The smallest absolute Gasteiger partial charge is 0.417 e. The number of alkyl halides is 12. The van der Waals surface area contributed by atoms with Gasteiger partial charge in [0.15, 0.2) is 22.3 Å². The van der Waals surface area contributed by atoms with Crippen LogP contribution >= 0.6 is 0 Å². The van der Waals surface area contributed by atoms with Gasteiger partial charge in [-0.1, -0.05) is 12.1 Å². The van der Waals surface area contributed by atoms with E-state index in [1.165, 1.54) is 24.3 Å². The van der Waals surface area contributed by atoms with Crippen LogP contribution in [0.1, 0.15) is 22.3 Å². The van der Waals surface area contributed by atoms with E-state index in [-0.39, 0.29) is 18.2 Å². The summed E-state index contributed by atoms with van der Waals surface area (Å²) in [6, 6.07) is 8.31. The zero-order valence-corrected chi connectivity index (χ0v) is 25.7. The van der Waals surface area contributed by atoms with E-state index in [4.69, 9.17) is 8.83 Å². The van der Waals surface area contributed by atoms with Crippen LogP contribution in [0.2, 0.25) is 0 Å². The molecule has 270 valence electrons. The zero-order chi connectivity index (χ0) is 39.7. The first-order valence-corrected chi connectivity index (χ1v) is 14.3. The summed E-state index contributed by atoms with van der Waals surface area (Å²) in [5.74, 6) is 0. The average Bonchev–Trinajstić information content (AvgIpc) is 3.72. The van der Waals surface area contributed by atoms with Gasteiger partial charge in [-0.05, 0) is 52.9 Å². The maximum Gasteiger partial charge on any atom is 0.417 e. The van der Waals surface area contributed by atoms with E-state index >= 15 is 0 Å². The fourth-order valence-electron chi connectivity index (χ4n) is 5.59. The van der Waals surface area contributed by atoms with E-state index in [0.29, 0.717) is 18.2 Å². The molecule has 0 aliphatic heterocycles. The number of nitrogens with zero attached hydrogens (tertiary/aromatic N) is 6. The fraction of sp³-hybridized carbons (Fsp3) is 0.118. The number of benzene rings is 4. The van der Waals surface area contributed by atoms with Gasteiger partial charge in [-0.2, -0.15) is 73.7 Å². The van der Waals surface area contributed by atoms with Crippen LogP contribution in [0, 0.1) is 45.3 Å². The Balaban J connectivity index is 1.90. The minimum atomic E-state index is -5.49. The van der Waals surface area contributed by atoms with E-state index in [1.807, 2.05) is 0 Å². The predicted octanol–water partition coefficient (Wildman–Crippen LogP) is 8.93. The lowest BCUT2D eigenvalue weighted by Gasteiger charge is -2.18. The number of nitriles is 4. The molecule has 0 bridgehead atoms. The van der Waals surface area contributed by atoms with Crippen molar-refractivity contribution in [3.63, 3.8) is 0 Å². The molecule has 20 heteroatoms. The summed E-state index contributed by atoms with van der Waals surface area (Å²) in [6.45, 7) is 0. The van der Waals surface area contributed by atoms with E-state index in [0.717, 1.165) is 12.1 Å². The SMILES string of the molecule is N#CC(C#N)=c1nc2c(o1)c(-c1ccc(C(F)(F)F)cc1C(F)(F)F)cc1cc(-c3ccc(C(F)(F)F)cc3C(F)(F)F)c3nc(=C(C#N)C#N)oc3c12. The van der Waals surface area contributed by atoms with Crippen molar-refractivity contribution in [2.45, 2.75) is 24.7 Å². The van der Waals surface area contributed by atoms with Gasteiger partial charge in [0.1, 0.15) is 35.3 Å². The summed E-state index contributed by atoms with van der Waals surface area (Å²) in [5.41, 5.74) is -16.6. The lowest BCUT2D eigenvalue weighted by molar-refractivity contribution is -0.144. The van der Waals surface area contributed by atoms with Gasteiger partial charge in [-0.3, -0.25) is 0 Å². The highest BCUT2D eigenvalue weighted by atomic mass is 19.4. The summed E-state index contributed by atoms with van der Waals surface area (Å²) in [7, 11) is 0. The minimum absolute atomic E-state index is 0.216. The Bertz CT molecular complexity index is 2660. The summed E-state index contributed by atoms with van der Waals surface area (Å²) in [5, 5.41) is 37.0. The van der Waals surface area contributed by atoms with Gasteiger partial charge in [0, 0.05) is 11.1 Å². The summed E-state index contributed by atoms with van der Waals surface area (Å²) in [6.07, 6.45) is -21.5. The molecule has 6 aromatic rings. The standard InChI is InChI=1S/C34H8F12N6O2/c35-31(36,37)16-1-3-18(22(7-16)33(41,42)43)20-5-13-6-21(19-4-2-17(32(38,39)40)8-23(19)34(44,45)46)27-26(52-30(53-27)15(11-49)12-50)24(13)28-25(20)51-29(54-28)14(9-47)10-48/h1-8H. The summed E-state index contributed by atoms with van der Waals surface area (Å²) in [4.78, 5) is 7.97. The highest BCUT2D eigenvalue weighted by Gasteiger charge is 2.41. The Morgan fingerprint density at radius 3 is 1.31 bits per heavy atom. The monoisotopic (exact) mass is 760 g/mol. The Morgan fingerprint density at radius 1 is 0.481 bits per heavy atom. The number of fused-ring (bicyclic) bond motifs is 5. The Labute approximate surface area is 289 Å². The van der Waals surface area contributed by atoms with Crippen LogP contribution in [-0.4, -0.2) is 9.97 Å². The van der Waals surface area contributed by atoms with Gasteiger partial charge in [-0.25, -0.2) is 9.97 Å². The van der Waals surface area contributed by atoms with Crippen molar-refractivity contribution >= 4 is 44.1 Å². The second-order valence-corrected chi connectivity index (χ2v) is 11.0. The first kappa shape index (κ1) is 36.7. The molecule has 0 aliphatic rings. The van der Waals surface area contributed by atoms with Crippen molar-refractivity contribution in [3.8, 4) is 46.5 Å². The van der Waals surface area contributed by atoms with Crippen molar-refractivity contribution in [1.29, 1.82) is 21.0 Å². The van der Waals surface area contributed by atoms with E-state index in [2.05, 4.69) is 9.97 Å². The van der Waals surface area contributed by atoms with Gasteiger partial charge in [0.2, 0.25) is 11.1 Å². The molecular formula is C34H8F12N6O2. The maximum absolute atomic E-state index is 14.4. The topological polar surface area (TPSA) is 147 Å². The average molecular weight is 760 g/mol.